The Labute approximate surface area is 194 Å². The summed E-state index contributed by atoms with van der Waals surface area (Å²) in [6.45, 7) is 0.946. The minimum absolute atomic E-state index is 0.0425. The fraction of sp³-hybridized carbons (Fsp3) is 0.286. The summed E-state index contributed by atoms with van der Waals surface area (Å²) in [5.74, 6) is -2.53. The molecule has 2 aromatic rings. The largest absolute Gasteiger partial charge is 0.480 e. The van der Waals surface area contributed by atoms with Gasteiger partial charge in [-0.05, 0) is 48.2 Å². The number of hydrogen-bond acceptors (Lipinski definition) is 4. The molecule has 0 aliphatic heterocycles. The van der Waals surface area contributed by atoms with E-state index in [-0.39, 0.29) is 22.2 Å². The number of aliphatic hydroxyl groups excluding tert-OH is 1. The molecule has 0 bridgehead atoms. The van der Waals surface area contributed by atoms with Crippen molar-refractivity contribution >= 4 is 52.6 Å². The molecule has 7 nitrogen and oxygen atoms in total. The minimum Gasteiger partial charge on any atom is -0.480 e. The van der Waals surface area contributed by atoms with Crippen LogP contribution < -0.4 is 10.6 Å². The number of carboxylic acids is 1. The van der Waals surface area contributed by atoms with Crippen molar-refractivity contribution in [2.24, 2.45) is 0 Å². The van der Waals surface area contributed by atoms with Crippen molar-refractivity contribution in [1.29, 1.82) is 0 Å². The molecule has 2 rings (SSSR count). The molecule has 0 fully saturated rings. The number of aryl methyl sites for hydroxylation is 1. The fourth-order valence-electron chi connectivity index (χ4n) is 2.85. The molecule has 0 saturated carbocycles. The van der Waals surface area contributed by atoms with Crippen LogP contribution in [0.25, 0.3) is 0 Å². The van der Waals surface area contributed by atoms with Crippen LogP contribution in [-0.4, -0.2) is 40.6 Å². The monoisotopic (exact) mass is 486 g/mol. The zero-order valence-electron chi connectivity index (χ0n) is 16.5. The molecule has 2 unspecified atom stereocenters. The highest BCUT2D eigenvalue weighted by molar-refractivity contribution is 6.39. The van der Waals surface area contributed by atoms with Gasteiger partial charge in [0.2, 0.25) is 5.91 Å². The SMILES string of the molecule is CC(=O)NCC(NC(=O)c1c(Cl)cc(CCC(O)c2cccc(Cl)c2)cc1Cl)C(=O)O. The van der Waals surface area contributed by atoms with Crippen molar-refractivity contribution in [2.45, 2.75) is 31.9 Å². The lowest BCUT2D eigenvalue weighted by Crippen LogP contribution is -2.48. The maximum Gasteiger partial charge on any atom is 0.328 e. The topological polar surface area (TPSA) is 116 Å². The van der Waals surface area contributed by atoms with Gasteiger partial charge in [-0.2, -0.15) is 0 Å². The van der Waals surface area contributed by atoms with Crippen LogP contribution in [0.1, 0.15) is 40.9 Å². The predicted octanol–water partition coefficient (Wildman–Crippen LogP) is 3.63. The van der Waals surface area contributed by atoms with Gasteiger partial charge in [-0.15, -0.1) is 0 Å². The number of rotatable bonds is 9. The van der Waals surface area contributed by atoms with E-state index >= 15 is 0 Å². The van der Waals surface area contributed by atoms with Crippen molar-refractivity contribution < 1.29 is 24.6 Å². The third-order valence-corrected chi connectivity index (χ3v) is 5.26. The first-order valence-electron chi connectivity index (χ1n) is 9.28. The molecule has 4 N–H and O–H groups in total. The third kappa shape index (κ3) is 7.40. The van der Waals surface area contributed by atoms with E-state index in [9.17, 15) is 24.6 Å². The Morgan fingerprint density at radius 1 is 1.06 bits per heavy atom. The Morgan fingerprint density at radius 2 is 1.71 bits per heavy atom. The van der Waals surface area contributed by atoms with Gasteiger partial charge in [0, 0.05) is 18.5 Å². The molecular formula is C21H21Cl3N2O5. The summed E-state index contributed by atoms with van der Waals surface area (Å²) in [6.07, 6.45) is 0.0513. The molecule has 0 radical (unpaired) electrons. The van der Waals surface area contributed by atoms with Gasteiger partial charge in [0.15, 0.2) is 0 Å². The van der Waals surface area contributed by atoms with Crippen molar-refractivity contribution in [3.05, 3.63) is 68.2 Å². The lowest BCUT2D eigenvalue weighted by atomic mass is 10.0. The highest BCUT2D eigenvalue weighted by atomic mass is 35.5. The van der Waals surface area contributed by atoms with Gasteiger partial charge in [-0.1, -0.05) is 46.9 Å². The third-order valence-electron chi connectivity index (χ3n) is 4.43. The first-order valence-corrected chi connectivity index (χ1v) is 10.4. The van der Waals surface area contributed by atoms with Gasteiger partial charge in [0.1, 0.15) is 6.04 Å². The maximum atomic E-state index is 12.5. The van der Waals surface area contributed by atoms with Gasteiger partial charge in [-0.3, -0.25) is 9.59 Å². The summed E-state index contributed by atoms with van der Waals surface area (Å²) in [7, 11) is 0. The number of benzene rings is 2. The fourth-order valence-corrected chi connectivity index (χ4v) is 3.75. The molecule has 0 spiro atoms. The van der Waals surface area contributed by atoms with Gasteiger partial charge in [0.05, 0.1) is 21.7 Å². The van der Waals surface area contributed by atoms with E-state index in [2.05, 4.69) is 10.6 Å². The number of carbonyl (C=O) groups is 3. The lowest BCUT2D eigenvalue weighted by Gasteiger charge is -2.17. The summed E-state index contributed by atoms with van der Waals surface area (Å²) in [5, 5.41) is 24.8. The summed E-state index contributed by atoms with van der Waals surface area (Å²) in [6, 6.07) is 8.64. The minimum atomic E-state index is -1.35. The molecule has 0 aromatic heterocycles. The van der Waals surface area contributed by atoms with E-state index in [4.69, 9.17) is 34.8 Å². The summed E-state index contributed by atoms with van der Waals surface area (Å²) < 4.78 is 0. The van der Waals surface area contributed by atoms with Crippen LogP contribution in [0.3, 0.4) is 0 Å². The lowest BCUT2D eigenvalue weighted by molar-refractivity contribution is -0.139. The molecule has 0 aliphatic carbocycles. The van der Waals surface area contributed by atoms with Crippen LogP contribution in [0.4, 0.5) is 0 Å². The van der Waals surface area contributed by atoms with Crippen LogP contribution >= 0.6 is 34.8 Å². The van der Waals surface area contributed by atoms with Gasteiger partial charge >= 0.3 is 5.97 Å². The van der Waals surface area contributed by atoms with E-state index in [0.29, 0.717) is 29.0 Å². The van der Waals surface area contributed by atoms with Gasteiger partial charge < -0.3 is 20.8 Å². The standard InChI is InChI=1S/C21H21Cl3N2O5/c1-11(27)25-10-17(21(30)31)26-20(29)19-15(23)7-12(8-16(19)24)5-6-18(28)13-3-2-4-14(22)9-13/h2-4,7-9,17-18,28H,5-6,10H2,1H3,(H,25,27)(H,26,29)(H,30,31). The zero-order valence-corrected chi connectivity index (χ0v) is 18.8. The van der Waals surface area contributed by atoms with Crippen molar-refractivity contribution in [3.8, 4) is 0 Å². The molecule has 2 aromatic carbocycles. The number of hydrogen-bond donors (Lipinski definition) is 4. The Balaban J connectivity index is 2.09. The Bertz CT molecular complexity index is 960. The average Bonchev–Trinajstić information content (AvgIpc) is 2.68. The van der Waals surface area contributed by atoms with Gasteiger partial charge in [0.25, 0.3) is 5.91 Å². The average molecular weight is 488 g/mol. The van der Waals surface area contributed by atoms with E-state index < -0.39 is 29.9 Å². The quantitative estimate of drug-likeness (QED) is 0.431. The Morgan fingerprint density at radius 3 is 2.26 bits per heavy atom. The van der Waals surface area contributed by atoms with E-state index in [1.165, 1.54) is 19.1 Å². The van der Waals surface area contributed by atoms with E-state index in [1.807, 2.05) is 0 Å². The second kappa shape index (κ2) is 11.3. The number of halogens is 3. The molecule has 2 atom stereocenters. The number of amides is 2. The maximum absolute atomic E-state index is 12.5. The second-order valence-electron chi connectivity index (χ2n) is 6.85. The van der Waals surface area contributed by atoms with Crippen LogP contribution in [0.5, 0.6) is 0 Å². The first-order chi connectivity index (χ1) is 14.6. The molecular weight excluding hydrogens is 467 g/mol. The molecule has 0 aliphatic rings. The summed E-state index contributed by atoms with van der Waals surface area (Å²) in [5.41, 5.74) is 1.30. The number of nitrogens with one attached hydrogen (secondary N) is 2. The van der Waals surface area contributed by atoms with Crippen LogP contribution in [-0.2, 0) is 16.0 Å². The molecule has 10 heteroatoms. The van der Waals surface area contributed by atoms with E-state index in [0.717, 1.165) is 0 Å². The van der Waals surface area contributed by atoms with Crippen molar-refractivity contribution in [1.82, 2.24) is 10.6 Å². The first kappa shape index (κ1) is 24.9. The number of aliphatic hydroxyl groups is 1. The Hall–Kier alpha value is -2.32. The smallest absolute Gasteiger partial charge is 0.328 e. The summed E-state index contributed by atoms with van der Waals surface area (Å²) >= 11 is 18.4. The predicted molar refractivity (Wildman–Crippen MR) is 119 cm³/mol. The highest BCUT2D eigenvalue weighted by Crippen LogP contribution is 2.29. The number of aliphatic carboxylic acids is 1. The zero-order chi connectivity index (χ0) is 23.1. The van der Waals surface area contributed by atoms with E-state index in [1.54, 1.807) is 24.3 Å². The Kier molecular flexibility index (Phi) is 9.13. The number of carbonyl (C=O) groups excluding carboxylic acids is 2. The van der Waals surface area contributed by atoms with Gasteiger partial charge in [-0.25, -0.2) is 4.79 Å². The molecule has 0 heterocycles. The summed E-state index contributed by atoms with van der Waals surface area (Å²) in [4.78, 5) is 34.9. The van der Waals surface area contributed by atoms with Crippen molar-refractivity contribution in [2.75, 3.05) is 6.54 Å². The normalized spacial score (nSPS) is 12.7. The highest BCUT2D eigenvalue weighted by Gasteiger charge is 2.24. The molecule has 31 heavy (non-hydrogen) atoms. The number of carboxylic acid groups (broad SMARTS) is 1. The van der Waals surface area contributed by atoms with Crippen molar-refractivity contribution in [3.63, 3.8) is 0 Å². The second-order valence-corrected chi connectivity index (χ2v) is 8.10. The molecule has 0 saturated heterocycles. The molecule has 166 valence electrons. The van der Waals surface area contributed by atoms with Crippen LogP contribution in [0.2, 0.25) is 15.1 Å². The van der Waals surface area contributed by atoms with Crippen LogP contribution in [0, 0.1) is 0 Å². The molecule has 2 amide bonds. The van der Waals surface area contributed by atoms with Crippen LogP contribution in [0.15, 0.2) is 36.4 Å².